The molecule has 0 unspecified atom stereocenters. The molecule has 0 radical (unpaired) electrons. The van der Waals surface area contributed by atoms with Gasteiger partial charge in [0.1, 0.15) is 0 Å². The van der Waals surface area contributed by atoms with Crippen LogP contribution in [0.5, 0.6) is 11.5 Å². The van der Waals surface area contributed by atoms with Crippen LogP contribution in [0.15, 0.2) is 24.3 Å². The van der Waals surface area contributed by atoms with Gasteiger partial charge in [0.15, 0.2) is 0 Å². The molecule has 0 aliphatic rings. The van der Waals surface area contributed by atoms with Gasteiger partial charge in [0.2, 0.25) is 0 Å². The Labute approximate surface area is 83.6 Å². The Kier molecular flexibility index (Phi) is 7.32. The Hall–Kier alpha value is 0.0148. The molecule has 4 heteroatoms. The third-order valence-corrected chi connectivity index (χ3v) is 0.849. The Bertz CT molecular complexity index is 170. The van der Waals surface area contributed by atoms with Gasteiger partial charge in [0.25, 0.3) is 0 Å². The van der Waals surface area contributed by atoms with E-state index in [1.165, 1.54) is 12.1 Å². The molecular weight excluding hydrogens is 118 g/mol. The van der Waals surface area contributed by atoms with Gasteiger partial charge in [-0.1, -0.05) is 24.3 Å². The van der Waals surface area contributed by atoms with Gasteiger partial charge in [-0.3, -0.25) is 0 Å². The van der Waals surface area contributed by atoms with Crippen LogP contribution in [0.1, 0.15) is 0 Å². The van der Waals surface area contributed by atoms with Crippen molar-refractivity contribution in [3.05, 3.63) is 24.3 Å². The molecule has 1 aromatic carbocycles. The summed E-state index contributed by atoms with van der Waals surface area (Å²) in [5, 5.41) is 20.6. The second kappa shape index (κ2) is 5.77. The molecule has 1 rings (SSSR count). The van der Waals surface area contributed by atoms with E-state index in [1.54, 1.807) is 12.1 Å². The first-order valence-electron chi connectivity index (χ1n) is 2.24. The molecule has 0 spiro atoms. The van der Waals surface area contributed by atoms with Crippen LogP contribution in [0.3, 0.4) is 0 Å². The van der Waals surface area contributed by atoms with Gasteiger partial charge in [-0.05, 0) is 0 Å². The largest absolute Gasteiger partial charge is 1.00 e. The molecule has 0 aliphatic carbocycles. The van der Waals surface area contributed by atoms with Crippen molar-refractivity contribution in [3.63, 3.8) is 0 Å². The maximum Gasteiger partial charge on any atom is 1.00 e. The minimum atomic E-state index is -0.437. The zero-order chi connectivity index (χ0) is 5.98. The van der Waals surface area contributed by atoms with E-state index in [1.807, 2.05) is 0 Å². The van der Waals surface area contributed by atoms with Gasteiger partial charge in [-0.15, -0.1) is 11.5 Å². The predicted octanol–water partition coefficient (Wildman–Crippen LogP) is -6.16. The van der Waals surface area contributed by atoms with Gasteiger partial charge in [0, 0.05) is 0 Å². The molecule has 0 bridgehead atoms. The van der Waals surface area contributed by atoms with Crippen LogP contribution >= 0.6 is 0 Å². The molecule has 0 aromatic heterocycles. The molecule has 0 atom stereocenters. The normalized spacial score (nSPS) is 7.20. The standard InChI is InChI=1S/C6H6O2.2Li/c7-5-3-1-2-4-6(5)8;;/h1-4,7-8H;;/q;2*+1/p-2. The molecule has 0 aliphatic heterocycles. The average Bonchev–Trinajstić information content (AvgIpc) is 1.77. The minimum absolute atomic E-state index is 0. The number of rotatable bonds is 0. The van der Waals surface area contributed by atoms with Crippen molar-refractivity contribution in [2.24, 2.45) is 0 Å². The first-order valence-corrected chi connectivity index (χ1v) is 2.24. The van der Waals surface area contributed by atoms with Crippen molar-refractivity contribution in [1.82, 2.24) is 0 Å². The van der Waals surface area contributed by atoms with Crippen LogP contribution in [0, 0.1) is 0 Å². The molecule has 1 aromatic rings. The quantitative estimate of drug-likeness (QED) is 0.321. The summed E-state index contributed by atoms with van der Waals surface area (Å²) in [6.07, 6.45) is 0. The first kappa shape index (κ1) is 12.7. The van der Waals surface area contributed by atoms with Gasteiger partial charge < -0.3 is 10.2 Å². The SMILES string of the molecule is [Li+].[Li+].[O-]c1ccccc1[O-]. The fourth-order valence-corrected chi connectivity index (χ4v) is 0.450. The summed E-state index contributed by atoms with van der Waals surface area (Å²) < 4.78 is 0. The summed E-state index contributed by atoms with van der Waals surface area (Å²) in [7, 11) is 0. The van der Waals surface area contributed by atoms with E-state index >= 15 is 0 Å². The summed E-state index contributed by atoms with van der Waals surface area (Å²) in [4.78, 5) is 0. The van der Waals surface area contributed by atoms with Crippen molar-refractivity contribution >= 4 is 0 Å². The summed E-state index contributed by atoms with van der Waals surface area (Å²) in [5.41, 5.74) is 0. The number of para-hydroxylation sites is 2. The maximum atomic E-state index is 10.3. The van der Waals surface area contributed by atoms with Gasteiger partial charge in [-0.25, -0.2) is 0 Å². The maximum absolute atomic E-state index is 10.3. The molecule has 0 saturated carbocycles. The predicted molar refractivity (Wildman–Crippen MR) is 25.3 cm³/mol. The monoisotopic (exact) mass is 122 g/mol. The van der Waals surface area contributed by atoms with E-state index < -0.39 is 11.5 Å². The van der Waals surface area contributed by atoms with Crippen molar-refractivity contribution in [3.8, 4) is 11.5 Å². The fraction of sp³-hybridized carbons (Fsp3) is 0. The zero-order valence-electron chi connectivity index (χ0n) is 6.13. The zero-order valence-corrected chi connectivity index (χ0v) is 6.13. The Morgan fingerprint density at radius 2 is 1.10 bits per heavy atom. The number of benzene rings is 1. The Balaban J connectivity index is 0. The first-order chi connectivity index (χ1) is 3.80. The second-order valence-corrected chi connectivity index (χ2v) is 1.45. The third-order valence-electron chi connectivity index (χ3n) is 0.849. The number of hydrogen-bond donors (Lipinski definition) is 0. The molecule has 0 fully saturated rings. The Morgan fingerprint density at radius 1 is 0.800 bits per heavy atom. The third kappa shape index (κ3) is 3.25. The van der Waals surface area contributed by atoms with Crippen LogP contribution in [0.2, 0.25) is 0 Å². The van der Waals surface area contributed by atoms with E-state index in [9.17, 15) is 10.2 Å². The van der Waals surface area contributed by atoms with Crippen molar-refractivity contribution < 1.29 is 47.9 Å². The molecule has 0 saturated heterocycles. The summed E-state index contributed by atoms with van der Waals surface area (Å²) >= 11 is 0. The minimum Gasteiger partial charge on any atom is -0.873 e. The van der Waals surface area contributed by atoms with Gasteiger partial charge in [0.05, 0.1) is 0 Å². The Morgan fingerprint density at radius 3 is 1.30 bits per heavy atom. The van der Waals surface area contributed by atoms with Crippen LogP contribution in [-0.4, -0.2) is 0 Å². The molecule has 0 N–H and O–H groups in total. The summed E-state index contributed by atoms with van der Waals surface area (Å²) in [5.74, 6) is -0.875. The van der Waals surface area contributed by atoms with Gasteiger partial charge in [-0.2, -0.15) is 0 Å². The molecule has 0 amide bonds. The molecule has 10 heavy (non-hydrogen) atoms. The van der Waals surface area contributed by atoms with Crippen molar-refractivity contribution in [1.29, 1.82) is 0 Å². The van der Waals surface area contributed by atoms with E-state index in [2.05, 4.69) is 0 Å². The smallest absolute Gasteiger partial charge is 0.873 e. The van der Waals surface area contributed by atoms with E-state index in [0.717, 1.165) is 0 Å². The second-order valence-electron chi connectivity index (χ2n) is 1.45. The van der Waals surface area contributed by atoms with Crippen molar-refractivity contribution in [2.75, 3.05) is 0 Å². The van der Waals surface area contributed by atoms with Crippen LogP contribution in [0.4, 0.5) is 0 Å². The van der Waals surface area contributed by atoms with Gasteiger partial charge >= 0.3 is 37.7 Å². The molecule has 2 nitrogen and oxygen atoms in total. The fourth-order valence-electron chi connectivity index (χ4n) is 0.450. The summed E-state index contributed by atoms with van der Waals surface area (Å²) in [6, 6.07) is 5.60. The number of hydrogen-bond acceptors (Lipinski definition) is 2. The summed E-state index contributed by atoms with van der Waals surface area (Å²) in [6.45, 7) is 0. The van der Waals surface area contributed by atoms with Crippen LogP contribution in [-0.2, 0) is 0 Å². The van der Waals surface area contributed by atoms with E-state index in [-0.39, 0.29) is 37.7 Å². The molecule has 0 heterocycles. The topological polar surface area (TPSA) is 46.1 Å². The van der Waals surface area contributed by atoms with Crippen molar-refractivity contribution in [2.45, 2.75) is 0 Å². The van der Waals surface area contributed by atoms with Crippen LogP contribution in [0.25, 0.3) is 0 Å². The van der Waals surface area contributed by atoms with E-state index in [0.29, 0.717) is 0 Å². The molecule has 42 valence electrons. The van der Waals surface area contributed by atoms with E-state index in [4.69, 9.17) is 0 Å². The van der Waals surface area contributed by atoms with Crippen LogP contribution < -0.4 is 47.9 Å². The average molecular weight is 122 g/mol. The molecular formula is C6H4Li2O2.